The molecule has 1 aliphatic rings. The zero-order valence-corrected chi connectivity index (χ0v) is 3.48. The first-order valence-corrected chi connectivity index (χ1v) is 2.10. The van der Waals surface area contributed by atoms with Gasteiger partial charge in [0.15, 0.2) is 0 Å². The Morgan fingerprint density at radius 2 is 2.00 bits per heavy atom. The van der Waals surface area contributed by atoms with Gasteiger partial charge in [0, 0.05) is 5.92 Å². The first-order valence-electron chi connectivity index (χ1n) is 2.10. The highest BCUT2D eigenvalue weighted by Gasteiger charge is 2.26. The van der Waals surface area contributed by atoms with Gasteiger partial charge in [-0.3, -0.25) is 4.79 Å². The summed E-state index contributed by atoms with van der Waals surface area (Å²) in [5.41, 5.74) is 4.86. The average Bonchev–Trinajstić information content (AvgIpc) is 2.06. The molecule has 2 nitrogen and oxygen atoms in total. The van der Waals surface area contributed by atoms with E-state index in [0.29, 0.717) is 0 Å². The van der Waals surface area contributed by atoms with Crippen LogP contribution in [0.15, 0.2) is 0 Å². The van der Waals surface area contributed by atoms with E-state index in [-0.39, 0.29) is 19.3 Å². The van der Waals surface area contributed by atoms with Crippen molar-refractivity contribution < 1.29 is 4.79 Å². The molecule has 0 aromatic rings. The lowest BCUT2D eigenvalue weighted by Gasteiger charge is -1.77. The fourth-order valence-corrected chi connectivity index (χ4v) is 0.368. The Kier molecular flexibility index (Phi) is 1.81. The fourth-order valence-electron chi connectivity index (χ4n) is 0.368. The minimum absolute atomic E-state index is 0. The number of rotatable bonds is 1. The number of carbonyl (C=O) groups is 1. The highest BCUT2D eigenvalue weighted by molar-refractivity contribution is 5.78. The van der Waals surface area contributed by atoms with Gasteiger partial charge in [0.2, 0.25) is 5.91 Å². The van der Waals surface area contributed by atoms with E-state index < -0.39 is 0 Å². The number of hydrogen-bond donors (Lipinski definition) is 1. The van der Waals surface area contributed by atoms with Gasteiger partial charge in [-0.05, 0) is 12.8 Å². The van der Waals surface area contributed by atoms with Gasteiger partial charge in [0.1, 0.15) is 0 Å². The second kappa shape index (κ2) is 1.96. The lowest BCUT2D eigenvalue weighted by Crippen LogP contribution is -2.11. The van der Waals surface area contributed by atoms with Crippen molar-refractivity contribution in [1.29, 1.82) is 0 Å². The zero-order valence-electron chi connectivity index (χ0n) is 3.48. The predicted molar refractivity (Wildman–Crippen MR) is 28.6 cm³/mol. The fraction of sp³-hybridized carbons (Fsp3) is 0.800. The molecular weight excluding hydrogens is 90.1 g/mol. The Bertz CT molecular complexity index is 76.1. The van der Waals surface area contributed by atoms with E-state index in [4.69, 9.17) is 5.73 Å². The van der Waals surface area contributed by atoms with E-state index in [9.17, 15) is 4.79 Å². The molecule has 1 amide bonds. The van der Waals surface area contributed by atoms with E-state index in [1.165, 1.54) is 0 Å². The molecule has 0 aliphatic heterocycles. The van der Waals surface area contributed by atoms with Crippen LogP contribution in [0.25, 0.3) is 0 Å². The molecule has 0 atom stereocenters. The van der Waals surface area contributed by atoms with Gasteiger partial charge in [-0.1, -0.05) is 7.43 Å². The summed E-state index contributed by atoms with van der Waals surface area (Å²) < 4.78 is 0. The Morgan fingerprint density at radius 1 is 1.57 bits per heavy atom. The predicted octanol–water partition coefficient (Wildman–Crippen LogP) is 0.518. The molecule has 42 valence electrons. The summed E-state index contributed by atoms with van der Waals surface area (Å²) in [7, 11) is 0. The standard InChI is InChI=1S/C4H7NO.CH4/c5-4(6)3-1-2-3;/h3H,1-2H2,(H2,5,6);1H4. The highest BCUT2D eigenvalue weighted by Crippen LogP contribution is 2.27. The van der Waals surface area contributed by atoms with E-state index in [0.717, 1.165) is 12.8 Å². The van der Waals surface area contributed by atoms with Crippen molar-refractivity contribution in [2.24, 2.45) is 11.7 Å². The topological polar surface area (TPSA) is 43.1 Å². The third-order valence-electron chi connectivity index (χ3n) is 0.980. The van der Waals surface area contributed by atoms with Crippen LogP contribution in [0.2, 0.25) is 0 Å². The highest BCUT2D eigenvalue weighted by atomic mass is 16.1. The molecule has 0 radical (unpaired) electrons. The van der Waals surface area contributed by atoms with Gasteiger partial charge in [-0.25, -0.2) is 0 Å². The molecule has 0 bridgehead atoms. The Hall–Kier alpha value is -0.530. The number of carbonyl (C=O) groups excluding carboxylic acids is 1. The normalized spacial score (nSPS) is 17.7. The van der Waals surface area contributed by atoms with Gasteiger partial charge in [-0.15, -0.1) is 0 Å². The molecule has 0 aromatic carbocycles. The molecule has 0 saturated heterocycles. The molecule has 1 saturated carbocycles. The Labute approximate surface area is 43.7 Å². The molecule has 2 heteroatoms. The van der Waals surface area contributed by atoms with Crippen LogP contribution in [0.4, 0.5) is 0 Å². The molecular formula is C5H11NO. The third-order valence-corrected chi connectivity index (χ3v) is 0.980. The number of hydrogen-bond acceptors (Lipinski definition) is 1. The lowest BCUT2D eigenvalue weighted by molar-refractivity contribution is -0.119. The first kappa shape index (κ1) is 6.47. The van der Waals surface area contributed by atoms with E-state index in [1.807, 2.05) is 0 Å². The van der Waals surface area contributed by atoms with Crippen LogP contribution < -0.4 is 5.73 Å². The van der Waals surface area contributed by atoms with Crippen molar-refractivity contribution in [3.05, 3.63) is 0 Å². The van der Waals surface area contributed by atoms with Gasteiger partial charge < -0.3 is 5.73 Å². The first-order chi connectivity index (χ1) is 2.80. The van der Waals surface area contributed by atoms with Crippen molar-refractivity contribution in [3.8, 4) is 0 Å². The van der Waals surface area contributed by atoms with Crippen LogP contribution in [0.5, 0.6) is 0 Å². The van der Waals surface area contributed by atoms with E-state index >= 15 is 0 Å². The summed E-state index contributed by atoms with van der Waals surface area (Å²) in [4.78, 5) is 9.98. The maximum Gasteiger partial charge on any atom is 0.220 e. The molecule has 0 spiro atoms. The van der Waals surface area contributed by atoms with Crippen molar-refractivity contribution >= 4 is 5.91 Å². The van der Waals surface area contributed by atoms with Crippen LogP contribution >= 0.6 is 0 Å². The molecule has 7 heavy (non-hydrogen) atoms. The minimum atomic E-state index is -0.130. The smallest absolute Gasteiger partial charge is 0.220 e. The van der Waals surface area contributed by atoms with Crippen molar-refractivity contribution in [3.63, 3.8) is 0 Å². The van der Waals surface area contributed by atoms with Crippen molar-refractivity contribution in [2.75, 3.05) is 0 Å². The minimum Gasteiger partial charge on any atom is -0.369 e. The summed E-state index contributed by atoms with van der Waals surface area (Å²) in [6.45, 7) is 0. The summed E-state index contributed by atoms with van der Waals surface area (Å²) in [6.07, 6.45) is 2.05. The summed E-state index contributed by atoms with van der Waals surface area (Å²) in [6, 6.07) is 0. The SMILES string of the molecule is C.NC(=O)C1CC1. The summed E-state index contributed by atoms with van der Waals surface area (Å²) >= 11 is 0. The van der Waals surface area contributed by atoms with Gasteiger partial charge in [0.25, 0.3) is 0 Å². The van der Waals surface area contributed by atoms with E-state index in [1.54, 1.807) is 0 Å². The van der Waals surface area contributed by atoms with E-state index in [2.05, 4.69) is 0 Å². The summed E-state index contributed by atoms with van der Waals surface area (Å²) in [5, 5.41) is 0. The molecule has 1 aliphatic carbocycles. The Morgan fingerprint density at radius 3 is 2.00 bits per heavy atom. The third kappa shape index (κ3) is 1.57. The van der Waals surface area contributed by atoms with Gasteiger partial charge in [0.05, 0.1) is 0 Å². The molecule has 1 rings (SSSR count). The second-order valence-corrected chi connectivity index (χ2v) is 1.68. The molecule has 1 fully saturated rings. The number of amides is 1. The van der Waals surface area contributed by atoms with Crippen molar-refractivity contribution in [2.45, 2.75) is 20.3 Å². The zero-order chi connectivity index (χ0) is 4.57. The average molecular weight is 101 g/mol. The summed E-state index contributed by atoms with van der Waals surface area (Å²) in [5.74, 6) is 0.111. The van der Waals surface area contributed by atoms with Gasteiger partial charge in [-0.2, -0.15) is 0 Å². The van der Waals surface area contributed by atoms with Crippen LogP contribution in [-0.4, -0.2) is 5.91 Å². The van der Waals surface area contributed by atoms with Crippen LogP contribution in [0.1, 0.15) is 20.3 Å². The van der Waals surface area contributed by atoms with Crippen LogP contribution in [0, 0.1) is 5.92 Å². The molecule has 2 N–H and O–H groups in total. The second-order valence-electron chi connectivity index (χ2n) is 1.68. The molecule has 0 unspecified atom stereocenters. The largest absolute Gasteiger partial charge is 0.369 e. The maximum atomic E-state index is 9.98. The van der Waals surface area contributed by atoms with Gasteiger partial charge >= 0.3 is 0 Å². The number of primary amides is 1. The Balaban J connectivity index is 0.000000360. The maximum absolute atomic E-state index is 9.98. The monoisotopic (exact) mass is 101 g/mol. The number of nitrogens with two attached hydrogens (primary N) is 1. The quantitative estimate of drug-likeness (QED) is 0.514. The van der Waals surface area contributed by atoms with Crippen molar-refractivity contribution in [1.82, 2.24) is 0 Å². The molecule has 0 aromatic heterocycles. The van der Waals surface area contributed by atoms with Crippen LogP contribution in [-0.2, 0) is 4.79 Å². The lowest BCUT2D eigenvalue weighted by atomic mass is 10.4. The molecule has 0 heterocycles. The van der Waals surface area contributed by atoms with Crippen LogP contribution in [0.3, 0.4) is 0 Å².